The Balaban J connectivity index is 1.10. The normalized spacial score (nSPS) is 15.0. The van der Waals surface area contributed by atoms with Crippen LogP contribution in [0.25, 0.3) is 11.1 Å². The molecule has 2 saturated heterocycles. The Morgan fingerprint density at radius 3 is 1.61 bits per heavy atom. The van der Waals surface area contributed by atoms with E-state index >= 15 is 0 Å². The van der Waals surface area contributed by atoms with Gasteiger partial charge in [-0.3, -0.25) is 14.6 Å². The summed E-state index contributed by atoms with van der Waals surface area (Å²) in [5.74, 6) is 2.13. The molecule has 11 nitrogen and oxygen atoms in total. The van der Waals surface area contributed by atoms with Crippen LogP contribution in [0.4, 0.5) is 0 Å². The van der Waals surface area contributed by atoms with Crippen LogP contribution >= 0.6 is 23.2 Å². The quantitative estimate of drug-likeness (QED) is 0.128. The number of pyridine rings is 2. The molecule has 4 aromatic rings. The van der Waals surface area contributed by atoms with E-state index in [0.29, 0.717) is 59.0 Å². The van der Waals surface area contributed by atoms with E-state index in [1.807, 2.05) is 36.4 Å². The van der Waals surface area contributed by atoms with Crippen LogP contribution in [0.3, 0.4) is 0 Å². The zero-order valence-corrected chi connectivity index (χ0v) is 33.1. The van der Waals surface area contributed by atoms with Crippen LogP contribution in [0.15, 0.2) is 48.5 Å². The average molecular weight is 777 g/mol. The van der Waals surface area contributed by atoms with Crippen molar-refractivity contribution < 1.29 is 28.5 Å². The predicted molar refractivity (Wildman–Crippen MR) is 209 cm³/mol. The number of nitrogens with zero attached hydrogens (tertiary/aromatic N) is 4. The summed E-state index contributed by atoms with van der Waals surface area (Å²) < 4.78 is 23.6. The number of hydrogen-bond acceptors (Lipinski definition) is 10. The molecule has 286 valence electrons. The van der Waals surface area contributed by atoms with Crippen LogP contribution in [0.5, 0.6) is 23.5 Å². The maximum atomic E-state index is 11.5. The van der Waals surface area contributed by atoms with Gasteiger partial charge >= 0.3 is 0 Å². The largest absolute Gasteiger partial charge is 0.481 e. The van der Waals surface area contributed by atoms with Gasteiger partial charge in [0.15, 0.2) is 0 Å². The molecule has 2 aromatic carbocycles. The van der Waals surface area contributed by atoms with Gasteiger partial charge in [0.25, 0.3) is 0 Å². The number of rotatable bonds is 16. The summed E-state index contributed by atoms with van der Waals surface area (Å²) >= 11 is 13.3. The van der Waals surface area contributed by atoms with Crippen molar-refractivity contribution in [3.63, 3.8) is 0 Å². The lowest BCUT2D eigenvalue weighted by molar-refractivity contribution is -0.121. The fourth-order valence-corrected chi connectivity index (χ4v) is 7.68. The minimum Gasteiger partial charge on any atom is -0.481 e. The van der Waals surface area contributed by atoms with Crippen LogP contribution < -0.4 is 24.3 Å². The molecule has 0 spiro atoms. The summed E-state index contributed by atoms with van der Waals surface area (Å²) in [6, 6.07) is 16.2. The molecule has 0 unspecified atom stereocenters. The highest BCUT2D eigenvalue weighted by atomic mass is 35.5. The zero-order chi connectivity index (χ0) is 38.5. The lowest BCUT2D eigenvalue weighted by Gasteiger charge is -2.39. The number of nitrogens with one attached hydrogen (secondary N) is 1. The predicted octanol–water partition coefficient (Wildman–Crippen LogP) is 6.97. The summed E-state index contributed by atoms with van der Waals surface area (Å²) in [5.41, 5.74) is 8.03. The first-order valence-electron chi connectivity index (χ1n) is 18.0. The van der Waals surface area contributed by atoms with E-state index in [4.69, 9.17) is 42.1 Å². The van der Waals surface area contributed by atoms with Crippen molar-refractivity contribution in [1.29, 1.82) is 0 Å². The molecule has 2 aliphatic rings. The standard InChI is InChI=1S/C41H47Cl2N5O6/c1-24(49)13-28-16-47(17-28)18-31-14-36(42)40(45-38(31)51-5)53-22-29-9-7-11-34(25(29)2)35-12-8-10-30(26(35)3)23-54-41-37(43)15-32(39(46-41)52-6)19-48-20-33(21-48)44-27(4)50/h7-12,14-15,28,33H,13,16-23H2,1-6H3,(H,44,50). The zero-order valence-electron chi connectivity index (χ0n) is 31.6. The van der Waals surface area contributed by atoms with Crippen molar-refractivity contribution in [3.8, 4) is 34.6 Å². The first-order chi connectivity index (χ1) is 25.9. The number of methoxy groups -OCH3 is 2. The molecule has 0 atom stereocenters. The third-order valence-corrected chi connectivity index (χ3v) is 10.6. The summed E-state index contributed by atoms with van der Waals surface area (Å²) in [4.78, 5) is 36.4. The number of ether oxygens (including phenoxy) is 4. The van der Waals surface area contributed by atoms with Gasteiger partial charge in [0.1, 0.15) is 29.0 Å². The van der Waals surface area contributed by atoms with Gasteiger partial charge in [0, 0.05) is 63.7 Å². The lowest BCUT2D eigenvalue weighted by Crippen LogP contribution is -2.58. The van der Waals surface area contributed by atoms with Crippen molar-refractivity contribution in [1.82, 2.24) is 25.1 Å². The van der Waals surface area contributed by atoms with Crippen molar-refractivity contribution in [2.75, 3.05) is 40.4 Å². The third-order valence-electron chi connectivity index (χ3n) is 10.0. The molecule has 2 aromatic heterocycles. The number of hydrogen-bond donors (Lipinski definition) is 1. The summed E-state index contributed by atoms with van der Waals surface area (Å²) in [7, 11) is 3.17. The van der Waals surface area contributed by atoms with Crippen LogP contribution in [-0.4, -0.2) is 77.9 Å². The van der Waals surface area contributed by atoms with E-state index in [0.717, 1.165) is 70.7 Å². The molecule has 13 heteroatoms. The number of benzene rings is 2. The second kappa shape index (κ2) is 17.4. The SMILES string of the molecule is COc1nc(OCc2cccc(-c3cccc(COc4nc(OC)c(CN5CC(NC(C)=O)C5)cc4Cl)c3C)c2C)c(Cl)cc1CN1CC(CC(C)=O)C1. The molecule has 1 N–H and O–H groups in total. The van der Waals surface area contributed by atoms with Gasteiger partial charge in [0.05, 0.1) is 20.3 Å². The molecule has 2 aliphatic heterocycles. The topological polar surface area (TPSA) is 115 Å². The van der Waals surface area contributed by atoms with Gasteiger partial charge in [0.2, 0.25) is 29.4 Å². The Bertz CT molecular complexity index is 1870. The number of halogens is 2. The van der Waals surface area contributed by atoms with E-state index in [-0.39, 0.29) is 30.9 Å². The van der Waals surface area contributed by atoms with E-state index < -0.39 is 0 Å². The average Bonchev–Trinajstić information content (AvgIpc) is 3.10. The Kier molecular flexibility index (Phi) is 12.6. The highest BCUT2D eigenvalue weighted by molar-refractivity contribution is 6.32. The van der Waals surface area contributed by atoms with Crippen LogP contribution in [0.1, 0.15) is 53.6 Å². The molecule has 0 aliphatic carbocycles. The highest BCUT2D eigenvalue weighted by Crippen LogP contribution is 2.35. The molecular weight excluding hydrogens is 729 g/mol. The molecule has 54 heavy (non-hydrogen) atoms. The Hall–Kier alpha value is -4.42. The van der Waals surface area contributed by atoms with Crippen molar-refractivity contribution in [2.24, 2.45) is 5.92 Å². The number of likely N-dealkylation sites (tertiary alicyclic amines) is 2. The fourth-order valence-electron chi connectivity index (χ4n) is 7.23. The molecule has 0 bridgehead atoms. The van der Waals surface area contributed by atoms with Crippen LogP contribution in [-0.2, 0) is 35.9 Å². The van der Waals surface area contributed by atoms with Crippen molar-refractivity contribution >= 4 is 34.9 Å². The smallest absolute Gasteiger partial charge is 0.236 e. The molecule has 0 saturated carbocycles. The summed E-state index contributed by atoms with van der Waals surface area (Å²) in [6.07, 6.45) is 0.614. The molecule has 6 rings (SSSR count). The van der Waals surface area contributed by atoms with Crippen molar-refractivity contribution in [2.45, 2.75) is 66.5 Å². The maximum Gasteiger partial charge on any atom is 0.236 e. The van der Waals surface area contributed by atoms with E-state index in [2.05, 4.69) is 51.1 Å². The summed E-state index contributed by atoms with van der Waals surface area (Å²) in [5, 5.41) is 3.75. The number of carbonyl (C=O) groups excluding carboxylic acids is 2. The second-order valence-corrected chi connectivity index (χ2v) is 15.0. The molecular formula is C41H47Cl2N5O6. The van der Waals surface area contributed by atoms with Crippen LogP contribution in [0.2, 0.25) is 10.0 Å². The Labute approximate surface area is 326 Å². The second-order valence-electron chi connectivity index (χ2n) is 14.2. The number of ketones is 1. The van der Waals surface area contributed by atoms with Gasteiger partial charge in [-0.15, -0.1) is 0 Å². The first-order valence-corrected chi connectivity index (χ1v) is 18.8. The Morgan fingerprint density at radius 2 is 1.19 bits per heavy atom. The number of aromatic nitrogens is 2. The van der Waals surface area contributed by atoms with Crippen molar-refractivity contribution in [3.05, 3.63) is 92.0 Å². The van der Waals surface area contributed by atoms with Gasteiger partial charge in [-0.25, -0.2) is 0 Å². The fraction of sp³-hybridized carbons (Fsp3) is 0.415. The molecule has 0 radical (unpaired) electrons. The van der Waals surface area contributed by atoms with Gasteiger partial charge in [-0.05, 0) is 72.2 Å². The highest BCUT2D eigenvalue weighted by Gasteiger charge is 2.30. The lowest BCUT2D eigenvalue weighted by atomic mass is 9.92. The van der Waals surface area contributed by atoms with E-state index in [1.165, 1.54) is 6.92 Å². The minimum absolute atomic E-state index is 0.0262. The maximum absolute atomic E-state index is 11.5. The molecule has 1 amide bonds. The molecule has 4 heterocycles. The number of Topliss-reactive ketones (excluding diaryl/α,β-unsaturated/α-hetero) is 1. The first kappa shape index (κ1) is 39.3. The summed E-state index contributed by atoms with van der Waals surface area (Å²) in [6.45, 7) is 12.3. The minimum atomic E-state index is -0.0262. The molecule has 2 fully saturated rings. The number of carbonyl (C=O) groups is 2. The van der Waals surface area contributed by atoms with Gasteiger partial charge in [-0.1, -0.05) is 59.6 Å². The monoisotopic (exact) mass is 775 g/mol. The van der Waals surface area contributed by atoms with E-state index in [1.54, 1.807) is 21.1 Å². The van der Waals surface area contributed by atoms with Gasteiger partial charge < -0.3 is 29.1 Å². The van der Waals surface area contributed by atoms with E-state index in [9.17, 15) is 9.59 Å². The van der Waals surface area contributed by atoms with Crippen LogP contribution in [0, 0.1) is 19.8 Å². The Morgan fingerprint density at radius 1 is 0.722 bits per heavy atom. The number of amides is 1. The third kappa shape index (κ3) is 9.26. The van der Waals surface area contributed by atoms with Gasteiger partial charge in [-0.2, -0.15) is 9.97 Å².